The fraction of sp³-hybridized carbons (Fsp3) is 0. The van der Waals surface area contributed by atoms with Crippen LogP contribution in [0.25, 0.3) is 0 Å². The molecular formula is C15H10O4. The molecule has 0 atom stereocenters. The molecule has 0 N–H and O–H groups in total. The summed E-state index contributed by atoms with van der Waals surface area (Å²) in [5.74, 6) is -1.45. The molecular weight excluding hydrogens is 244 g/mol. The largest absolute Gasteiger partial charge is 0.386 e. The first-order valence-corrected chi connectivity index (χ1v) is 5.57. The Labute approximate surface area is 109 Å². The van der Waals surface area contributed by atoms with Gasteiger partial charge in [0, 0.05) is 5.56 Å². The lowest BCUT2D eigenvalue weighted by Crippen LogP contribution is -2.12. The third-order valence-electron chi connectivity index (χ3n) is 2.48. The van der Waals surface area contributed by atoms with E-state index in [9.17, 15) is 14.4 Å². The Balaban J connectivity index is 2.08. The van der Waals surface area contributed by atoms with Crippen molar-refractivity contribution in [2.24, 2.45) is 0 Å². The van der Waals surface area contributed by atoms with Crippen LogP contribution in [0.15, 0.2) is 54.6 Å². The fourth-order valence-electron chi connectivity index (χ4n) is 1.47. The highest BCUT2D eigenvalue weighted by atomic mass is 16.6. The van der Waals surface area contributed by atoms with Crippen LogP contribution in [0.2, 0.25) is 0 Å². The van der Waals surface area contributed by atoms with E-state index < -0.39 is 11.9 Å². The van der Waals surface area contributed by atoms with Crippen LogP contribution in [0.4, 0.5) is 0 Å². The molecule has 19 heavy (non-hydrogen) atoms. The molecule has 0 unspecified atom stereocenters. The smallest absolute Gasteiger partial charge is 0.346 e. The molecule has 0 aliphatic rings. The Kier molecular flexibility index (Phi) is 3.83. The third kappa shape index (κ3) is 3.13. The number of carbonyl (C=O) groups excluding carboxylic acids is 3. The molecule has 0 fully saturated rings. The molecule has 0 aliphatic carbocycles. The summed E-state index contributed by atoms with van der Waals surface area (Å²) >= 11 is 0. The molecule has 0 amide bonds. The molecule has 4 heteroatoms. The second-order valence-electron chi connectivity index (χ2n) is 3.78. The molecule has 2 aromatic carbocycles. The monoisotopic (exact) mass is 254 g/mol. The molecule has 0 aromatic heterocycles. The van der Waals surface area contributed by atoms with Crippen LogP contribution in [-0.2, 0) is 4.74 Å². The quantitative estimate of drug-likeness (QED) is 0.479. The number of carbonyl (C=O) groups is 3. The van der Waals surface area contributed by atoms with Gasteiger partial charge in [-0.15, -0.1) is 0 Å². The van der Waals surface area contributed by atoms with Crippen molar-refractivity contribution in [3.63, 3.8) is 0 Å². The molecule has 0 radical (unpaired) electrons. The zero-order chi connectivity index (χ0) is 13.7. The lowest BCUT2D eigenvalue weighted by Gasteiger charge is -2.03. The summed E-state index contributed by atoms with van der Waals surface area (Å²) in [7, 11) is 0. The lowest BCUT2D eigenvalue weighted by molar-refractivity contribution is 0.0397. The summed E-state index contributed by atoms with van der Waals surface area (Å²) in [5.41, 5.74) is 0.973. The number of esters is 2. The number of hydrogen-bond acceptors (Lipinski definition) is 4. The summed E-state index contributed by atoms with van der Waals surface area (Å²) in [5, 5.41) is 0. The predicted molar refractivity (Wildman–Crippen MR) is 68.0 cm³/mol. The summed E-state index contributed by atoms with van der Waals surface area (Å²) in [6, 6.07) is 14.1. The molecule has 0 bridgehead atoms. The number of hydrogen-bond donors (Lipinski definition) is 0. The van der Waals surface area contributed by atoms with Gasteiger partial charge in [-0.3, -0.25) is 4.79 Å². The zero-order valence-corrected chi connectivity index (χ0v) is 9.91. The number of aldehydes is 1. The van der Waals surface area contributed by atoms with Crippen molar-refractivity contribution in [3.8, 4) is 0 Å². The van der Waals surface area contributed by atoms with Gasteiger partial charge in [0.05, 0.1) is 11.1 Å². The number of rotatable bonds is 3. The van der Waals surface area contributed by atoms with Crippen LogP contribution in [0.5, 0.6) is 0 Å². The Hall–Kier alpha value is -2.75. The number of ether oxygens (including phenoxy) is 1. The first-order valence-electron chi connectivity index (χ1n) is 5.57. The molecule has 2 aromatic rings. The van der Waals surface area contributed by atoms with Crippen molar-refractivity contribution >= 4 is 18.2 Å². The Morgan fingerprint density at radius 2 is 1.32 bits per heavy atom. The van der Waals surface area contributed by atoms with Gasteiger partial charge >= 0.3 is 11.9 Å². The van der Waals surface area contributed by atoms with Crippen molar-refractivity contribution in [2.45, 2.75) is 0 Å². The highest BCUT2D eigenvalue weighted by Gasteiger charge is 2.14. The van der Waals surface area contributed by atoms with E-state index in [2.05, 4.69) is 0 Å². The van der Waals surface area contributed by atoms with Gasteiger partial charge in [0.2, 0.25) is 0 Å². The summed E-state index contributed by atoms with van der Waals surface area (Å²) < 4.78 is 4.73. The Morgan fingerprint density at radius 3 is 1.84 bits per heavy atom. The molecule has 0 saturated heterocycles. The van der Waals surface area contributed by atoms with E-state index in [1.807, 2.05) is 0 Å². The molecule has 2 rings (SSSR count). The van der Waals surface area contributed by atoms with Crippen molar-refractivity contribution in [1.29, 1.82) is 0 Å². The topological polar surface area (TPSA) is 60.4 Å². The van der Waals surface area contributed by atoms with E-state index in [4.69, 9.17) is 4.74 Å². The standard InChI is InChI=1S/C15H10O4/c16-10-11-6-8-13(9-7-11)15(18)19-14(17)12-4-2-1-3-5-12/h1-10H. The maximum absolute atomic E-state index is 11.7. The average Bonchev–Trinajstić information content (AvgIpc) is 2.48. The van der Waals surface area contributed by atoms with Crippen LogP contribution in [0.3, 0.4) is 0 Å². The SMILES string of the molecule is O=Cc1ccc(C(=O)OC(=O)c2ccccc2)cc1. The molecule has 0 heterocycles. The van der Waals surface area contributed by atoms with Crippen LogP contribution >= 0.6 is 0 Å². The summed E-state index contributed by atoms with van der Waals surface area (Å²) in [6.07, 6.45) is 0.671. The van der Waals surface area contributed by atoms with Crippen LogP contribution < -0.4 is 0 Å². The summed E-state index contributed by atoms with van der Waals surface area (Å²) in [4.78, 5) is 33.8. The fourth-order valence-corrected chi connectivity index (χ4v) is 1.47. The van der Waals surface area contributed by atoms with Gasteiger partial charge in [-0.25, -0.2) is 9.59 Å². The van der Waals surface area contributed by atoms with Crippen molar-refractivity contribution in [2.75, 3.05) is 0 Å². The van der Waals surface area contributed by atoms with Crippen molar-refractivity contribution in [3.05, 3.63) is 71.3 Å². The molecule has 94 valence electrons. The maximum Gasteiger partial charge on any atom is 0.346 e. The molecule has 0 saturated carbocycles. The van der Waals surface area contributed by atoms with Crippen LogP contribution in [-0.4, -0.2) is 18.2 Å². The predicted octanol–water partition coefficient (Wildman–Crippen LogP) is 2.50. The van der Waals surface area contributed by atoms with Gasteiger partial charge in [-0.05, 0) is 24.3 Å². The van der Waals surface area contributed by atoms with E-state index in [1.165, 1.54) is 24.3 Å². The summed E-state index contributed by atoms with van der Waals surface area (Å²) in [6.45, 7) is 0. The molecule has 4 nitrogen and oxygen atoms in total. The Morgan fingerprint density at radius 1 is 0.789 bits per heavy atom. The van der Waals surface area contributed by atoms with Gasteiger partial charge in [-0.1, -0.05) is 30.3 Å². The molecule has 0 spiro atoms. The van der Waals surface area contributed by atoms with Gasteiger partial charge in [0.1, 0.15) is 6.29 Å². The Bertz CT molecular complexity index is 600. The first-order chi connectivity index (χ1) is 9.20. The van der Waals surface area contributed by atoms with Gasteiger partial charge in [0.15, 0.2) is 0 Å². The van der Waals surface area contributed by atoms with E-state index in [-0.39, 0.29) is 5.56 Å². The second kappa shape index (κ2) is 5.73. The van der Waals surface area contributed by atoms with E-state index in [0.717, 1.165) is 0 Å². The lowest BCUT2D eigenvalue weighted by atomic mass is 10.1. The highest BCUT2D eigenvalue weighted by Crippen LogP contribution is 2.07. The van der Waals surface area contributed by atoms with E-state index in [0.29, 0.717) is 17.4 Å². The normalized spacial score (nSPS) is 9.68. The first kappa shape index (κ1) is 12.7. The van der Waals surface area contributed by atoms with Gasteiger partial charge < -0.3 is 4.74 Å². The van der Waals surface area contributed by atoms with Crippen LogP contribution in [0, 0.1) is 0 Å². The zero-order valence-electron chi connectivity index (χ0n) is 9.91. The van der Waals surface area contributed by atoms with Gasteiger partial charge in [-0.2, -0.15) is 0 Å². The minimum atomic E-state index is -0.744. The number of benzene rings is 2. The van der Waals surface area contributed by atoms with Crippen molar-refractivity contribution in [1.82, 2.24) is 0 Å². The average molecular weight is 254 g/mol. The maximum atomic E-state index is 11.7. The van der Waals surface area contributed by atoms with Crippen LogP contribution in [0.1, 0.15) is 31.1 Å². The third-order valence-corrected chi connectivity index (χ3v) is 2.48. The minimum absolute atomic E-state index is 0.217. The van der Waals surface area contributed by atoms with Crippen molar-refractivity contribution < 1.29 is 19.1 Å². The highest BCUT2D eigenvalue weighted by molar-refractivity contribution is 6.02. The van der Waals surface area contributed by atoms with Gasteiger partial charge in [0.25, 0.3) is 0 Å². The van der Waals surface area contributed by atoms with E-state index in [1.54, 1.807) is 30.3 Å². The second-order valence-corrected chi connectivity index (χ2v) is 3.78. The molecule has 0 aliphatic heterocycles. The minimum Gasteiger partial charge on any atom is -0.386 e. The van der Waals surface area contributed by atoms with E-state index >= 15 is 0 Å².